The van der Waals surface area contributed by atoms with Crippen LogP contribution in [0.2, 0.25) is 0 Å². The Balaban J connectivity index is 2.01. The van der Waals surface area contributed by atoms with Crippen molar-refractivity contribution in [3.8, 4) is 22.8 Å². The Bertz CT molecular complexity index is 1450. The number of primary amides is 1. The van der Waals surface area contributed by atoms with Gasteiger partial charge in [-0.1, -0.05) is 45.4 Å². The number of hydrogen-bond donors (Lipinski definition) is 2. The Hall–Kier alpha value is -4.01. The number of nitrogens with two attached hydrogens (primary N) is 1. The standard InChI is InChI=1S/C31H41N5O4/c1-17(2)22-11-19(5)12-23(18(3)4)29(22)36(20(6)16-33-30(32)37)28-15-25-24-14-27(40-8)26(39-7)13-21(24)9-10-35(25)31(38)34-28/h11-15,17-18,20H,9-10,16H2,1-8H3,(H3,32,33,37). The van der Waals surface area contributed by atoms with Crippen LogP contribution in [0.1, 0.15) is 68.7 Å². The molecule has 0 spiro atoms. The molecule has 3 N–H and O–H groups in total. The van der Waals surface area contributed by atoms with Crippen LogP contribution in [0.4, 0.5) is 16.3 Å². The van der Waals surface area contributed by atoms with E-state index in [-0.39, 0.29) is 30.1 Å². The van der Waals surface area contributed by atoms with Gasteiger partial charge in [-0.3, -0.25) is 4.57 Å². The molecule has 0 saturated heterocycles. The van der Waals surface area contributed by atoms with Crippen molar-refractivity contribution >= 4 is 17.5 Å². The van der Waals surface area contributed by atoms with E-state index in [0.29, 0.717) is 30.3 Å². The van der Waals surface area contributed by atoms with Crippen molar-refractivity contribution in [1.82, 2.24) is 14.9 Å². The zero-order valence-corrected chi connectivity index (χ0v) is 24.8. The number of anilines is 2. The number of hydrogen-bond acceptors (Lipinski definition) is 6. The summed E-state index contributed by atoms with van der Waals surface area (Å²) in [5.74, 6) is 2.19. The summed E-state index contributed by atoms with van der Waals surface area (Å²) in [6.07, 6.45) is 0.680. The van der Waals surface area contributed by atoms with Crippen molar-refractivity contribution in [2.45, 2.75) is 72.4 Å². The summed E-state index contributed by atoms with van der Waals surface area (Å²) in [4.78, 5) is 32.0. The van der Waals surface area contributed by atoms with Gasteiger partial charge in [-0.05, 0) is 60.9 Å². The molecule has 9 heteroatoms. The van der Waals surface area contributed by atoms with Crippen molar-refractivity contribution in [3.05, 3.63) is 63.1 Å². The summed E-state index contributed by atoms with van der Waals surface area (Å²) < 4.78 is 12.8. The van der Waals surface area contributed by atoms with Gasteiger partial charge in [0.1, 0.15) is 5.82 Å². The zero-order chi connectivity index (χ0) is 29.3. The van der Waals surface area contributed by atoms with Gasteiger partial charge in [0.2, 0.25) is 0 Å². The third kappa shape index (κ3) is 5.50. The van der Waals surface area contributed by atoms with Crippen LogP contribution in [0.3, 0.4) is 0 Å². The number of nitrogens with zero attached hydrogens (tertiary/aromatic N) is 3. The summed E-state index contributed by atoms with van der Waals surface area (Å²) in [7, 11) is 3.22. The maximum atomic E-state index is 13.6. The lowest BCUT2D eigenvalue weighted by Crippen LogP contribution is -2.43. The van der Waals surface area contributed by atoms with Gasteiger partial charge >= 0.3 is 11.7 Å². The number of benzene rings is 2. The number of nitrogens with one attached hydrogen (secondary N) is 1. The Morgan fingerprint density at radius 1 is 1.02 bits per heavy atom. The highest BCUT2D eigenvalue weighted by atomic mass is 16.5. The average Bonchev–Trinajstić information content (AvgIpc) is 2.91. The van der Waals surface area contributed by atoms with Gasteiger partial charge in [0.05, 0.1) is 26.0 Å². The third-order valence-electron chi connectivity index (χ3n) is 7.55. The molecule has 2 aromatic carbocycles. The van der Waals surface area contributed by atoms with Crippen LogP contribution in [0.25, 0.3) is 11.3 Å². The smallest absolute Gasteiger partial charge is 0.350 e. The van der Waals surface area contributed by atoms with Crippen molar-refractivity contribution in [3.63, 3.8) is 0 Å². The van der Waals surface area contributed by atoms with E-state index in [0.717, 1.165) is 33.6 Å². The summed E-state index contributed by atoms with van der Waals surface area (Å²) >= 11 is 0. The molecule has 1 aliphatic rings. The molecule has 2 heterocycles. The highest BCUT2D eigenvalue weighted by Crippen LogP contribution is 2.43. The average molecular weight is 548 g/mol. The topological polar surface area (TPSA) is 112 Å². The Labute approximate surface area is 236 Å². The minimum absolute atomic E-state index is 0.211. The van der Waals surface area contributed by atoms with E-state index >= 15 is 0 Å². The van der Waals surface area contributed by atoms with Crippen molar-refractivity contribution in [2.24, 2.45) is 5.73 Å². The third-order valence-corrected chi connectivity index (χ3v) is 7.55. The van der Waals surface area contributed by atoms with E-state index < -0.39 is 6.03 Å². The first-order chi connectivity index (χ1) is 19.0. The molecule has 0 bridgehead atoms. The number of aryl methyl sites for hydroxylation is 2. The van der Waals surface area contributed by atoms with Gasteiger partial charge in [0, 0.05) is 30.4 Å². The quantitative estimate of drug-likeness (QED) is 0.379. The lowest BCUT2D eigenvalue weighted by molar-refractivity contribution is 0.248. The predicted octanol–water partition coefficient (Wildman–Crippen LogP) is 5.23. The predicted molar refractivity (Wildman–Crippen MR) is 159 cm³/mol. The highest BCUT2D eigenvalue weighted by Gasteiger charge is 2.29. The minimum atomic E-state index is -0.600. The van der Waals surface area contributed by atoms with Crippen molar-refractivity contribution in [1.29, 1.82) is 0 Å². The maximum Gasteiger partial charge on any atom is 0.350 e. The van der Waals surface area contributed by atoms with Crippen LogP contribution in [-0.2, 0) is 13.0 Å². The van der Waals surface area contributed by atoms with E-state index in [4.69, 9.17) is 15.2 Å². The lowest BCUT2D eigenvalue weighted by atomic mass is 9.89. The van der Waals surface area contributed by atoms with E-state index in [1.165, 1.54) is 5.56 Å². The van der Waals surface area contributed by atoms with Gasteiger partial charge in [-0.15, -0.1) is 0 Å². The van der Waals surface area contributed by atoms with Crippen molar-refractivity contribution in [2.75, 3.05) is 25.7 Å². The maximum absolute atomic E-state index is 13.6. The van der Waals surface area contributed by atoms with Crippen LogP contribution in [0, 0.1) is 6.92 Å². The lowest BCUT2D eigenvalue weighted by Gasteiger charge is -2.36. The van der Waals surface area contributed by atoms with Gasteiger partial charge in [-0.2, -0.15) is 4.98 Å². The molecule has 1 aliphatic heterocycles. The second kappa shape index (κ2) is 11.6. The number of carbonyl (C=O) groups excluding carboxylic acids is 1. The number of carbonyl (C=O) groups is 1. The molecule has 214 valence electrons. The van der Waals surface area contributed by atoms with Gasteiger partial charge in [-0.25, -0.2) is 9.59 Å². The number of ether oxygens (including phenoxy) is 2. The number of rotatable bonds is 9. The Morgan fingerprint density at radius 3 is 2.17 bits per heavy atom. The first-order valence-electron chi connectivity index (χ1n) is 13.8. The molecular formula is C31H41N5O4. The summed E-state index contributed by atoms with van der Waals surface area (Å²) in [5, 5.41) is 2.75. The number of amides is 2. The van der Waals surface area contributed by atoms with Gasteiger partial charge in [0.15, 0.2) is 11.5 Å². The molecule has 9 nitrogen and oxygen atoms in total. The molecule has 3 aromatic rings. The summed E-state index contributed by atoms with van der Waals surface area (Å²) in [5.41, 5.74) is 12.4. The van der Waals surface area contributed by atoms with E-state index in [9.17, 15) is 9.59 Å². The van der Waals surface area contributed by atoms with Crippen LogP contribution in [0.5, 0.6) is 11.5 Å². The largest absolute Gasteiger partial charge is 0.493 e. The molecule has 0 fully saturated rings. The minimum Gasteiger partial charge on any atom is -0.493 e. The Morgan fingerprint density at radius 2 is 1.62 bits per heavy atom. The molecule has 1 aromatic heterocycles. The first kappa shape index (κ1) is 29.0. The number of methoxy groups -OCH3 is 2. The van der Waals surface area contributed by atoms with Gasteiger partial charge < -0.3 is 25.4 Å². The molecule has 4 rings (SSSR count). The number of urea groups is 1. The fourth-order valence-corrected chi connectivity index (χ4v) is 5.55. The second-order valence-electron chi connectivity index (χ2n) is 11.1. The van der Waals surface area contributed by atoms with Crippen LogP contribution in [0.15, 0.2) is 35.1 Å². The van der Waals surface area contributed by atoms with Crippen LogP contribution in [-0.4, -0.2) is 42.4 Å². The summed E-state index contributed by atoms with van der Waals surface area (Å²) in [6, 6.07) is 9.42. The van der Waals surface area contributed by atoms with E-state index in [1.54, 1.807) is 18.8 Å². The number of aromatic nitrogens is 2. The molecule has 0 radical (unpaired) electrons. The fraction of sp³-hybridized carbons (Fsp3) is 0.452. The first-order valence-corrected chi connectivity index (χ1v) is 13.8. The highest BCUT2D eigenvalue weighted by molar-refractivity contribution is 5.77. The fourth-order valence-electron chi connectivity index (χ4n) is 5.55. The molecular weight excluding hydrogens is 506 g/mol. The molecule has 1 atom stereocenters. The monoisotopic (exact) mass is 547 g/mol. The van der Waals surface area contributed by atoms with E-state index in [1.807, 2.05) is 25.1 Å². The number of fused-ring (bicyclic) bond motifs is 3. The second-order valence-corrected chi connectivity index (χ2v) is 11.1. The SMILES string of the molecule is COc1cc2c(cc1OC)-c1cc(N(c3c(C(C)C)cc(C)cc3C(C)C)C(C)CNC(N)=O)nc(=O)n1CC2. The molecule has 1 unspecified atom stereocenters. The molecule has 0 aliphatic carbocycles. The van der Waals surface area contributed by atoms with Crippen molar-refractivity contribution < 1.29 is 14.3 Å². The summed E-state index contributed by atoms with van der Waals surface area (Å²) in [6.45, 7) is 13.6. The molecule has 2 amide bonds. The zero-order valence-electron chi connectivity index (χ0n) is 24.8. The van der Waals surface area contributed by atoms with E-state index in [2.05, 4.69) is 62.0 Å². The molecule has 0 saturated carbocycles. The van der Waals surface area contributed by atoms with Gasteiger partial charge in [0.25, 0.3) is 0 Å². The normalized spacial score (nSPS) is 13.1. The van der Waals surface area contributed by atoms with Crippen LogP contribution < -0.4 is 31.1 Å². The molecule has 40 heavy (non-hydrogen) atoms. The van der Waals surface area contributed by atoms with Crippen LogP contribution >= 0.6 is 0 Å². The Kier molecular flexibility index (Phi) is 8.42.